The fourth-order valence-corrected chi connectivity index (χ4v) is 2.07. The first kappa shape index (κ1) is 12.6. The molecule has 5 nitrogen and oxygen atoms in total. The molecule has 0 radical (unpaired) electrons. The Balaban J connectivity index is 2.64. The van der Waals surface area contributed by atoms with Gasteiger partial charge in [-0.3, -0.25) is 5.10 Å². The molecule has 0 amide bonds. The fourth-order valence-electron chi connectivity index (χ4n) is 1.81. The summed E-state index contributed by atoms with van der Waals surface area (Å²) in [4.78, 5) is 0. The zero-order valence-corrected chi connectivity index (χ0v) is 11.4. The number of ether oxygens (including phenoxy) is 2. The number of nitrogens with one attached hydrogen (secondary N) is 1. The summed E-state index contributed by atoms with van der Waals surface area (Å²) in [5.41, 5.74) is 0.853. The van der Waals surface area contributed by atoms with Crippen LogP contribution in [0.2, 0.25) is 0 Å². The number of aromatic nitrogens is 3. The molecule has 0 atom stereocenters. The van der Waals surface area contributed by atoms with Gasteiger partial charge < -0.3 is 14.0 Å². The molecule has 0 saturated heterocycles. The highest BCUT2D eigenvalue weighted by atomic mass is 32.1. The SMILES string of the molecule is CCn1c(-c2cc(OC)ccc2OC)n[nH]c1=S. The molecule has 1 aromatic heterocycles. The molecule has 1 aromatic carbocycles. The first-order valence-electron chi connectivity index (χ1n) is 5.58. The molecule has 0 fully saturated rings. The van der Waals surface area contributed by atoms with Crippen LogP contribution in [0.25, 0.3) is 11.4 Å². The molecule has 96 valence electrons. The van der Waals surface area contributed by atoms with Gasteiger partial charge in [0.05, 0.1) is 19.8 Å². The van der Waals surface area contributed by atoms with Gasteiger partial charge in [-0.25, -0.2) is 0 Å². The second-order valence-electron chi connectivity index (χ2n) is 3.66. The highest BCUT2D eigenvalue weighted by Gasteiger charge is 2.13. The van der Waals surface area contributed by atoms with E-state index >= 15 is 0 Å². The minimum atomic E-state index is 0.595. The average Bonchev–Trinajstić information content (AvgIpc) is 2.78. The molecule has 0 aliphatic heterocycles. The Labute approximate surface area is 110 Å². The van der Waals surface area contributed by atoms with Gasteiger partial charge >= 0.3 is 0 Å². The molecule has 2 rings (SSSR count). The quantitative estimate of drug-likeness (QED) is 0.863. The molecule has 1 N–H and O–H groups in total. The molecule has 0 saturated carbocycles. The number of nitrogens with zero attached hydrogens (tertiary/aromatic N) is 2. The molecule has 0 spiro atoms. The van der Waals surface area contributed by atoms with Crippen LogP contribution < -0.4 is 9.47 Å². The topological polar surface area (TPSA) is 52.1 Å². The van der Waals surface area contributed by atoms with Crippen molar-refractivity contribution in [3.8, 4) is 22.9 Å². The van der Waals surface area contributed by atoms with Crippen molar-refractivity contribution in [2.75, 3.05) is 14.2 Å². The molecule has 6 heteroatoms. The van der Waals surface area contributed by atoms with Crippen LogP contribution in [0.4, 0.5) is 0 Å². The van der Waals surface area contributed by atoms with E-state index in [1.807, 2.05) is 29.7 Å². The van der Waals surface area contributed by atoms with Gasteiger partial charge in [0, 0.05) is 6.54 Å². The molecule has 0 aliphatic rings. The van der Waals surface area contributed by atoms with Gasteiger partial charge in [0.2, 0.25) is 0 Å². The van der Waals surface area contributed by atoms with Gasteiger partial charge in [0.1, 0.15) is 11.5 Å². The minimum absolute atomic E-state index is 0.595. The Morgan fingerprint density at radius 2 is 2.11 bits per heavy atom. The van der Waals surface area contributed by atoms with Crippen LogP contribution >= 0.6 is 12.2 Å². The van der Waals surface area contributed by atoms with Crippen LogP contribution in [-0.4, -0.2) is 29.0 Å². The lowest BCUT2D eigenvalue weighted by atomic mass is 10.1. The van der Waals surface area contributed by atoms with E-state index in [-0.39, 0.29) is 0 Å². The highest BCUT2D eigenvalue weighted by Crippen LogP contribution is 2.32. The lowest BCUT2D eigenvalue weighted by molar-refractivity contribution is 0.404. The van der Waals surface area contributed by atoms with Gasteiger partial charge in [-0.15, -0.1) is 0 Å². The first-order valence-corrected chi connectivity index (χ1v) is 5.99. The first-order chi connectivity index (χ1) is 8.71. The molecular formula is C12H15N3O2S. The molecule has 1 heterocycles. The standard InChI is InChI=1S/C12H15N3O2S/c1-4-15-11(13-14-12(15)18)9-7-8(16-2)5-6-10(9)17-3/h5-7H,4H2,1-3H3,(H,14,18). The van der Waals surface area contributed by atoms with Crippen molar-refractivity contribution < 1.29 is 9.47 Å². The maximum absolute atomic E-state index is 5.35. The van der Waals surface area contributed by atoms with Crippen molar-refractivity contribution in [2.45, 2.75) is 13.5 Å². The summed E-state index contributed by atoms with van der Waals surface area (Å²) >= 11 is 5.19. The van der Waals surface area contributed by atoms with Crippen LogP contribution in [0, 0.1) is 4.77 Å². The highest BCUT2D eigenvalue weighted by molar-refractivity contribution is 7.71. The lowest BCUT2D eigenvalue weighted by Gasteiger charge is -2.10. The Kier molecular flexibility index (Phi) is 3.66. The van der Waals surface area contributed by atoms with Gasteiger partial charge in [0.25, 0.3) is 0 Å². The Bertz CT molecular complexity index is 604. The van der Waals surface area contributed by atoms with E-state index in [0.29, 0.717) is 4.77 Å². The smallest absolute Gasteiger partial charge is 0.195 e. The van der Waals surface area contributed by atoms with E-state index in [0.717, 1.165) is 29.4 Å². The summed E-state index contributed by atoms with van der Waals surface area (Å²) in [5.74, 6) is 2.24. The van der Waals surface area contributed by atoms with Crippen LogP contribution in [0.1, 0.15) is 6.92 Å². The van der Waals surface area contributed by atoms with Crippen LogP contribution in [0.5, 0.6) is 11.5 Å². The summed E-state index contributed by atoms with van der Waals surface area (Å²) in [6.07, 6.45) is 0. The Hall–Kier alpha value is -1.82. The van der Waals surface area contributed by atoms with Gasteiger partial charge in [-0.1, -0.05) is 0 Å². The maximum Gasteiger partial charge on any atom is 0.195 e. The second-order valence-corrected chi connectivity index (χ2v) is 4.05. The summed E-state index contributed by atoms with van der Waals surface area (Å²) in [5, 5.41) is 7.05. The van der Waals surface area contributed by atoms with Crippen LogP contribution in [-0.2, 0) is 6.54 Å². The molecule has 0 unspecified atom stereocenters. The van der Waals surface area contributed by atoms with Gasteiger partial charge in [-0.2, -0.15) is 5.10 Å². The van der Waals surface area contributed by atoms with Crippen molar-refractivity contribution in [1.82, 2.24) is 14.8 Å². The van der Waals surface area contributed by atoms with Gasteiger partial charge in [0.15, 0.2) is 10.6 Å². The molecule has 2 aromatic rings. The van der Waals surface area contributed by atoms with Crippen molar-refractivity contribution in [2.24, 2.45) is 0 Å². The normalized spacial score (nSPS) is 10.4. The predicted octanol–water partition coefficient (Wildman–Crippen LogP) is 2.64. The zero-order chi connectivity index (χ0) is 13.1. The van der Waals surface area contributed by atoms with Crippen LogP contribution in [0.15, 0.2) is 18.2 Å². The van der Waals surface area contributed by atoms with E-state index < -0.39 is 0 Å². The zero-order valence-electron chi connectivity index (χ0n) is 10.6. The van der Waals surface area contributed by atoms with E-state index in [2.05, 4.69) is 10.2 Å². The minimum Gasteiger partial charge on any atom is -0.497 e. The Morgan fingerprint density at radius 3 is 2.72 bits per heavy atom. The molecule has 18 heavy (non-hydrogen) atoms. The summed E-state index contributed by atoms with van der Waals surface area (Å²) in [6.45, 7) is 2.76. The maximum atomic E-state index is 5.35. The van der Waals surface area contributed by atoms with E-state index in [1.165, 1.54) is 0 Å². The lowest BCUT2D eigenvalue weighted by Crippen LogP contribution is -1.99. The van der Waals surface area contributed by atoms with Crippen molar-refractivity contribution >= 4 is 12.2 Å². The van der Waals surface area contributed by atoms with Crippen LogP contribution in [0.3, 0.4) is 0 Å². The van der Waals surface area contributed by atoms with E-state index in [4.69, 9.17) is 21.7 Å². The second kappa shape index (κ2) is 5.22. The number of rotatable bonds is 4. The van der Waals surface area contributed by atoms with Crippen molar-refractivity contribution in [3.63, 3.8) is 0 Å². The average molecular weight is 265 g/mol. The summed E-state index contributed by atoms with van der Waals surface area (Å²) in [6, 6.07) is 5.59. The third kappa shape index (κ3) is 2.11. The van der Waals surface area contributed by atoms with E-state index in [9.17, 15) is 0 Å². The number of aromatic amines is 1. The molecule has 0 aliphatic carbocycles. The monoisotopic (exact) mass is 265 g/mol. The van der Waals surface area contributed by atoms with Crippen molar-refractivity contribution in [3.05, 3.63) is 23.0 Å². The third-order valence-corrected chi connectivity index (χ3v) is 3.03. The number of hydrogen-bond acceptors (Lipinski definition) is 4. The number of benzene rings is 1. The van der Waals surface area contributed by atoms with E-state index in [1.54, 1.807) is 14.2 Å². The largest absolute Gasteiger partial charge is 0.497 e. The Morgan fingerprint density at radius 1 is 1.33 bits per heavy atom. The number of H-pyrrole nitrogens is 1. The van der Waals surface area contributed by atoms with Crippen molar-refractivity contribution in [1.29, 1.82) is 0 Å². The third-order valence-electron chi connectivity index (χ3n) is 2.72. The van der Waals surface area contributed by atoms with Gasteiger partial charge in [-0.05, 0) is 37.3 Å². The fraction of sp³-hybridized carbons (Fsp3) is 0.333. The predicted molar refractivity (Wildman–Crippen MR) is 71.6 cm³/mol. The number of hydrogen-bond donors (Lipinski definition) is 1. The molecular weight excluding hydrogens is 250 g/mol. The summed E-state index contributed by atoms with van der Waals surface area (Å²) < 4.78 is 13.1. The number of methoxy groups -OCH3 is 2. The molecule has 0 bridgehead atoms. The summed E-state index contributed by atoms with van der Waals surface area (Å²) in [7, 11) is 3.26.